The van der Waals surface area contributed by atoms with E-state index in [1.165, 1.54) is 0 Å². The lowest BCUT2D eigenvalue weighted by Gasteiger charge is -2.13. The van der Waals surface area contributed by atoms with Crippen LogP contribution in [0.25, 0.3) is 37.4 Å². The van der Waals surface area contributed by atoms with E-state index in [1.807, 2.05) is 17.1 Å². The minimum atomic E-state index is 0.302. The van der Waals surface area contributed by atoms with Crippen molar-refractivity contribution in [3.63, 3.8) is 0 Å². The minimum Gasteiger partial charge on any atom is -0.293 e. The summed E-state index contributed by atoms with van der Waals surface area (Å²) in [7, 11) is 0. The molecule has 7 heteroatoms. The Labute approximate surface area is 145 Å². The predicted octanol–water partition coefficient (Wildman–Crippen LogP) is 4.76. The van der Waals surface area contributed by atoms with Crippen molar-refractivity contribution < 1.29 is 0 Å². The van der Waals surface area contributed by atoms with Gasteiger partial charge < -0.3 is 0 Å². The molecule has 5 rings (SSSR count). The maximum Gasteiger partial charge on any atom is 0.174 e. The van der Waals surface area contributed by atoms with Crippen LogP contribution in [0.15, 0.2) is 35.3 Å². The Morgan fingerprint density at radius 1 is 0.917 bits per heavy atom. The van der Waals surface area contributed by atoms with E-state index in [0.29, 0.717) is 5.92 Å². The third-order valence-electron chi connectivity index (χ3n) is 4.07. The highest BCUT2D eigenvalue weighted by molar-refractivity contribution is 7.19. The first-order chi connectivity index (χ1) is 11.7. The molecule has 0 saturated carbocycles. The fourth-order valence-electron chi connectivity index (χ4n) is 3.04. The number of imidazole rings is 1. The summed E-state index contributed by atoms with van der Waals surface area (Å²) in [6.45, 7) is 4.35. The van der Waals surface area contributed by atoms with Crippen molar-refractivity contribution in [2.75, 3.05) is 0 Å². The quantitative estimate of drug-likeness (QED) is 0.460. The lowest BCUT2D eigenvalue weighted by atomic mass is 10.2. The number of para-hydroxylation sites is 2. The summed E-state index contributed by atoms with van der Waals surface area (Å²) >= 11 is 3.23. The summed E-state index contributed by atoms with van der Waals surface area (Å²) in [5, 5.41) is 0. The second kappa shape index (κ2) is 5.06. The third kappa shape index (κ3) is 1.85. The van der Waals surface area contributed by atoms with Gasteiger partial charge >= 0.3 is 0 Å². The lowest BCUT2D eigenvalue weighted by molar-refractivity contribution is 0.763. The minimum absolute atomic E-state index is 0.302. The Bertz CT molecular complexity index is 1150. The maximum atomic E-state index is 4.88. The first-order valence-corrected chi connectivity index (χ1v) is 9.44. The Morgan fingerprint density at radius 2 is 1.58 bits per heavy atom. The van der Waals surface area contributed by atoms with Gasteiger partial charge in [-0.15, -0.1) is 22.7 Å². The molecule has 0 fully saturated rings. The van der Waals surface area contributed by atoms with Crippen molar-refractivity contribution in [1.82, 2.24) is 24.5 Å². The number of benzene rings is 1. The van der Waals surface area contributed by atoms with E-state index in [4.69, 9.17) is 4.98 Å². The summed E-state index contributed by atoms with van der Waals surface area (Å²) in [5.74, 6) is 1.35. The largest absolute Gasteiger partial charge is 0.293 e. The van der Waals surface area contributed by atoms with E-state index in [9.17, 15) is 0 Å². The van der Waals surface area contributed by atoms with Gasteiger partial charge in [0.25, 0.3) is 0 Å². The molecule has 0 bridgehead atoms. The topological polar surface area (TPSA) is 56.5 Å². The molecular weight excluding hydrogens is 338 g/mol. The van der Waals surface area contributed by atoms with Gasteiger partial charge in [-0.3, -0.25) is 4.57 Å². The molecule has 24 heavy (non-hydrogen) atoms. The summed E-state index contributed by atoms with van der Waals surface area (Å²) < 4.78 is 4.43. The average molecular weight is 351 g/mol. The van der Waals surface area contributed by atoms with Gasteiger partial charge in [-0.25, -0.2) is 19.9 Å². The molecule has 0 saturated heterocycles. The van der Waals surface area contributed by atoms with Crippen LogP contribution >= 0.6 is 22.7 Å². The number of aromatic nitrogens is 5. The van der Waals surface area contributed by atoms with Gasteiger partial charge in [0.15, 0.2) is 11.3 Å². The summed E-state index contributed by atoms with van der Waals surface area (Å²) in [6, 6.07) is 8.27. The number of pyridine rings is 1. The fourth-order valence-corrected chi connectivity index (χ4v) is 4.63. The standard InChI is InChI=1S/C17H13N5S2/c1-9(2)17-20-10-5-3-4-6-11(10)22(17)12-13-15(18-7-23-13)21-16-14(12)24-8-19-16/h3-9H,1-2H3. The van der Waals surface area contributed by atoms with E-state index in [-0.39, 0.29) is 0 Å². The van der Waals surface area contributed by atoms with E-state index < -0.39 is 0 Å². The van der Waals surface area contributed by atoms with Crippen molar-refractivity contribution in [3.8, 4) is 5.69 Å². The smallest absolute Gasteiger partial charge is 0.174 e. The maximum absolute atomic E-state index is 4.88. The van der Waals surface area contributed by atoms with Gasteiger partial charge in [0, 0.05) is 5.92 Å². The van der Waals surface area contributed by atoms with Crippen LogP contribution in [0.4, 0.5) is 0 Å². The van der Waals surface area contributed by atoms with Crippen LogP contribution in [-0.4, -0.2) is 24.5 Å². The summed E-state index contributed by atoms with van der Waals surface area (Å²) in [5.41, 5.74) is 8.42. The number of hydrogen-bond acceptors (Lipinski definition) is 6. The van der Waals surface area contributed by atoms with Crippen molar-refractivity contribution in [1.29, 1.82) is 0 Å². The predicted molar refractivity (Wildman–Crippen MR) is 99.3 cm³/mol. The molecule has 4 heterocycles. The highest BCUT2D eigenvalue weighted by atomic mass is 32.1. The third-order valence-corrected chi connectivity index (χ3v) is 5.71. The zero-order chi connectivity index (χ0) is 16.3. The number of thiazole rings is 2. The van der Waals surface area contributed by atoms with E-state index in [1.54, 1.807) is 22.7 Å². The first kappa shape index (κ1) is 14.0. The van der Waals surface area contributed by atoms with Crippen LogP contribution in [0.5, 0.6) is 0 Å². The van der Waals surface area contributed by atoms with Gasteiger partial charge in [0.2, 0.25) is 0 Å². The molecule has 0 amide bonds. The van der Waals surface area contributed by atoms with Gasteiger partial charge in [0.05, 0.1) is 37.1 Å². The average Bonchev–Trinajstić information content (AvgIpc) is 3.29. The van der Waals surface area contributed by atoms with Crippen LogP contribution in [-0.2, 0) is 0 Å². The first-order valence-electron chi connectivity index (χ1n) is 7.68. The Kier molecular flexibility index (Phi) is 2.95. The highest BCUT2D eigenvalue weighted by Gasteiger charge is 2.21. The molecular formula is C17H13N5S2. The number of rotatable bonds is 2. The SMILES string of the molecule is CC(C)c1nc2ccccc2n1-c1c2scnc2nc2ncsc12. The molecule has 0 unspecified atom stereocenters. The Balaban J connectivity index is 2.03. The molecule has 4 aromatic heterocycles. The molecule has 0 radical (unpaired) electrons. The second-order valence-corrected chi connectivity index (χ2v) is 7.63. The van der Waals surface area contributed by atoms with E-state index in [2.05, 4.69) is 51.6 Å². The van der Waals surface area contributed by atoms with Crippen LogP contribution in [0.2, 0.25) is 0 Å². The Morgan fingerprint density at radius 3 is 2.25 bits per heavy atom. The Hall–Kier alpha value is -2.38. The van der Waals surface area contributed by atoms with Gasteiger partial charge in [0.1, 0.15) is 5.82 Å². The van der Waals surface area contributed by atoms with Crippen LogP contribution < -0.4 is 0 Å². The molecule has 0 atom stereocenters. The molecule has 118 valence electrons. The number of nitrogens with zero attached hydrogens (tertiary/aromatic N) is 5. The van der Waals surface area contributed by atoms with Crippen LogP contribution in [0.1, 0.15) is 25.6 Å². The monoisotopic (exact) mass is 351 g/mol. The van der Waals surface area contributed by atoms with Crippen molar-refractivity contribution in [3.05, 3.63) is 41.1 Å². The molecule has 0 spiro atoms. The zero-order valence-electron chi connectivity index (χ0n) is 13.1. The molecule has 5 aromatic rings. The van der Waals surface area contributed by atoms with Gasteiger partial charge in [-0.2, -0.15) is 0 Å². The van der Waals surface area contributed by atoms with Crippen molar-refractivity contribution >= 4 is 54.4 Å². The molecule has 0 aliphatic heterocycles. The number of hydrogen-bond donors (Lipinski definition) is 0. The molecule has 0 aliphatic rings. The van der Waals surface area contributed by atoms with Crippen LogP contribution in [0.3, 0.4) is 0 Å². The molecule has 0 aliphatic carbocycles. The zero-order valence-corrected chi connectivity index (χ0v) is 14.7. The van der Waals surface area contributed by atoms with Gasteiger partial charge in [-0.05, 0) is 12.1 Å². The van der Waals surface area contributed by atoms with E-state index in [0.717, 1.165) is 43.2 Å². The molecule has 1 aromatic carbocycles. The van der Waals surface area contributed by atoms with Crippen molar-refractivity contribution in [2.45, 2.75) is 19.8 Å². The number of fused-ring (bicyclic) bond motifs is 3. The van der Waals surface area contributed by atoms with Crippen LogP contribution in [0, 0.1) is 0 Å². The van der Waals surface area contributed by atoms with Crippen molar-refractivity contribution in [2.24, 2.45) is 0 Å². The molecule has 5 nitrogen and oxygen atoms in total. The van der Waals surface area contributed by atoms with E-state index >= 15 is 0 Å². The normalized spacial score (nSPS) is 12.1. The molecule has 0 N–H and O–H groups in total. The lowest BCUT2D eigenvalue weighted by Crippen LogP contribution is -2.04. The van der Waals surface area contributed by atoms with Gasteiger partial charge in [-0.1, -0.05) is 26.0 Å². The summed E-state index contributed by atoms with van der Waals surface area (Å²) in [4.78, 5) is 18.3. The fraction of sp³-hybridized carbons (Fsp3) is 0.176. The highest BCUT2D eigenvalue weighted by Crippen LogP contribution is 2.37. The summed E-state index contributed by atoms with van der Waals surface area (Å²) in [6.07, 6.45) is 0. The second-order valence-electron chi connectivity index (χ2n) is 5.92.